The van der Waals surface area contributed by atoms with E-state index in [9.17, 15) is 4.79 Å². The van der Waals surface area contributed by atoms with Crippen LogP contribution in [0.5, 0.6) is 0 Å². The largest absolute Gasteiger partial charge is 0.355 e. The summed E-state index contributed by atoms with van der Waals surface area (Å²) < 4.78 is 0. The Kier molecular flexibility index (Phi) is 8.69. The molecule has 0 spiro atoms. The molecule has 3 fully saturated rings. The average Bonchev–Trinajstić information content (AvgIpc) is 3.24. The predicted molar refractivity (Wildman–Crippen MR) is 166 cm³/mol. The summed E-state index contributed by atoms with van der Waals surface area (Å²) in [6.45, 7) is 5.43. The van der Waals surface area contributed by atoms with Crippen LogP contribution in [0.25, 0.3) is 0 Å². The van der Waals surface area contributed by atoms with Crippen LogP contribution in [0.2, 0.25) is 10.0 Å². The second-order valence-corrected chi connectivity index (χ2v) is 13.0. The molecule has 1 unspecified atom stereocenters. The van der Waals surface area contributed by atoms with Gasteiger partial charge in [-0.05, 0) is 86.5 Å². The Morgan fingerprint density at radius 3 is 2.12 bits per heavy atom. The van der Waals surface area contributed by atoms with Crippen LogP contribution in [0.15, 0.2) is 66.9 Å². The van der Waals surface area contributed by atoms with Gasteiger partial charge in [-0.25, -0.2) is 0 Å². The first-order valence-electron chi connectivity index (χ1n) is 15.1. The minimum Gasteiger partial charge on any atom is -0.355 e. The first kappa shape index (κ1) is 28.7. The fourth-order valence-corrected chi connectivity index (χ4v) is 8.28. The van der Waals surface area contributed by atoms with Gasteiger partial charge in [-0.3, -0.25) is 19.6 Å². The maximum atomic E-state index is 12.3. The lowest BCUT2D eigenvalue weighted by atomic mass is 9.70. The number of likely N-dealkylation sites (tertiary alicyclic amines) is 1. The summed E-state index contributed by atoms with van der Waals surface area (Å²) in [4.78, 5) is 22.6. The number of nitrogens with zero attached hydrogens (tertiary/aromatic N) is 3. The van der Waals surface area contributed by atoms with Gasteiger partial charge in [0.05, 0.1) is 11.7 Å². The molecule has 0 saturated carbocycles. The summed E-state index contributed by atoms with van der Waals surface area (Å²) in [5.74, 6) is 0.0117. The first-order valence-corrected chi connectivity index (χ1v) is 15.9. The van der Waals surface area contributed by atoms with Gasteiger partial charge in [0.1, 0.15) is 0 Å². The third kappa shape index (κ3) is 5.92. The van der Waals surface area contributed by atoms with Crippen LogP contribution in [-0.2, 0) is 16.8 Å². The summed E-state index contributed by atoms with van der Waals surface area (Å²) in [7, 11) is 0. The van der Waals surface area contributed by atoms with Crippen molar-refractivity contribution in [2.45, 2.75) is 82.0 Å². The van der Waals surface area contributed by atoms with E-state index in [0.717, 1.165) is 66.5 Å². The molecule has 4 heterocycles. The molecule has 2 bridgehead atoms. The third-order valence-corrected chi connectivity index (χ3v) is 10.2. The smallest absolute Gasteiger partial charge is 0.216 e. The number of piperidine rings is 2. The SMILES string of the molecule is CC(=O)NCC1(c2ncccc2CN2CCCCC2)C[C@H]2CC[C@@H](C1)N2C(c1ccccc1Cl)c1ccccc1Cl. The Morgan fingerprint density at radius 2 is 1.54 bits per heavy atom. The second kappa shape index (κ2) is 12.4. The highest BCUT2D eigenvalue weighted by Crippen LogP contribution is 2.52. The minimum atomic E-state index is -0.230. The van der Waals surface area contributed by atoms with E-state index in [2.05, 4.69) is 51.5 Å². The molecule has 1 N–H and O–H groups in total. The van der Waals surface area contributed by atoms with E-state index in [0.29, 0.717) is 18.6 Å². The lowest BCUT2D eigenvalue weighted by molar-refractivity contribution is -0.119. The summed E-state index contributed by atoms with van der Waals surface area (Å²) >= 11 is 13.7. The van der Waals surface area contributed by atoms with Gasteiger partial charge < -0.3 is 5.32 Å². The molecule has 3 aliphatic heterocycles. The third-order valence-electron chi connectivity index (χ3n) is 9.54. The van der Waals surface area contributed by atoms with Gasteiger partial charge in [0.15, 0.2) is 0 Å². The molecule has 1 aromatic heterocycles. The molecule has 5 nitrogen and oxygen atoms in total. The lowest BCUT2D eigenvalue weighted by Gasteiger charge is -2.50. The van der Waals surface area contributed by atoms with Gasteiger partial charge >= 0.3 is 0 Å². The van der Waals surface area contributed by atoms with Crippen molar-refractivity contribution < 1.29 is 4.79 Å². The minimum absolute atomic E-state index is 0.0117. The maximum absolute atomic E-state index is 12.3. The van der Waals surface area contributed by atoms with Crippen LogP contribution in [0, 0.1) is 0 Å². The number of carbonyl (C=O) groups is 1. The summed E-state index contributed by atoms with van der Waals surface area (Å²) in [6.07, 6.45) is 9.85. The topological polar surface area (TPSA) is 48.5 Å². The molecular formula is C34H40Cl2N4O. The highest BCUT2D eigenvalue weighted by atomic mass is 35.5. The zero-order valence-electron chi connectivity index (χ0n) is 23.9. The van der Waals surface area contributed by atoms with E-state index < -0.39 is 0 Å². The van der Waals surface area contributed by atoms with Crippen molar-refractivity contribution >= 4 is 29.1 Å². The van der Waals surface area contributed by atoms with Crippen molar-refractivity contribution in [2.75, 3.05) is 19.6 Å². The van der Waals surface area contributed by atoms with E-state index in [1.54, 1.807) is 6.92 Å². The molecule has 6 rings (SSSR count). The predicted octanol–water partition coefficient (Wildman–Crippen LogP) is 7.16. The molecular weight excluding hydrogens is 551 g/mol. The fraction of sp³-hybridized carbons (Fsp3) is 0.471. The van der Waals surface area contributed by atoms with Gasteiger partial charge in [-0.15, -0.1) is 0 Å². The van der Waals surface area contributed by atoms with Crippen LogP contribution >= 0.6 is 23.2 Å². The number of fused-ring (bicyclic) bond motifs is 2. The zero-order chi connectivity index (χ0) is 28.4. The standard InChI is InChI=1S/C34H40Cl2N4O/c1-24(41)38-23-34(33-25(10-9-17-37-33)22-39-18-7-2-8-19-39)20-26-15-16-27(21-34)40(26)32(28-11-3-5-13-30(28)35)29-12-4-6-14-31(29)36/h3-6,9-14,17,26-27,32H,2,7-8,15-16,18-23H2,1H3,(H,38,41)/t26-,27+,34?. The molecule has 2 aromatic carbocycles. The molecule has 3 saturated heterocycles. The van der Waals surface area contributed by atoms with Crippen molar-refractivity contribution in [1.29, 1.82) is 0 Å². The molecule has 0 radical (unpaired) electrons. The summed E-state index contributed by atoms with van der Waals surface area (Å²) in [5, 5.41) is 4.76. The molecule has 3 atom stereocenters. The van der Waals surface area contributed by atoms with Gasteiger partial charge in [0, 0.05) is 53.8 Å². The van der Waals surface area contributed by atoms with Gasteiger partial charge in [-0.1, -0.05) is 72.1 Å². The summed E-state index contributed by atoms with van der Waals surface area (Å²) in [6, 6.07) is 21.3. The van der Waals surface area contributed by atoms with E-state index in [1.807, 2.05) is 30.5 Å². The molecule has 1 amide bonds. The number of amides is 1. The number of halogens is 2. The lowest BCUT2D eigenvalue weighted by Crippen LogP contribution is -2.55. The Labute approximate surface area is 254 Å². The number of pyridine rings is 1. The number of hydrogen-bond donors (Lipinski definition) is 1. The number of benzene rings is 2. The second-order valence-electron chi connectivity index (χ2n) is 12.2. The van der Waals surface area contributed by atoms with Gasteiger partial charge in [0.2, 0.25) is 5.91 Å². The maximum Gasteiger partial charge on any atom is 0.216 e. The van der Waals surface area contributed by atoms with E-state index in [4.69, 9.17) is 28.2 Å². The van der Waals surface area contributed by atoms with Crippen molar-refractivity contribution in [3.63, 3.8) is 0 Å². The van der Waals surface area contributed by atoms with Crippen molar-refractivity contribution in [2.24, 2.45) is 0 Å². The quantitative estimate of drug-likeness (QED) is 0.302. The van der Waals surface area contributed by atoms with Gasteiger partial charge in [-0.2, -0.15) is 0 Å². The monoisotopic (exact) mass is 590 g/mol. The summed E-state index contributed by atoms with van der Waals surface area (Å²) in [5.41, 5.74) is 4.44. The van der Waals surface area contributed by atoms with Crippen molar-refractivity contribution in [3.8, 4) is 0 Å². The molecule has 41 heavy (non-hydrogen) atoms. The molecule has 3 aliphatic rings. The van der Waals surface area contributed by atoms with Crippen molar-refractivity contribution in [3.05, 3.63) is 99.3 Å². The first-order chi connectivity index (χ1) is 19.9. The van der Waals surface area contributed by atoms with Crippen LogP contribution in [-0.4, -0.2) is 52.4 Å². The highest BCUT2D eigenvalue weighted by Gasteiger charge is 2.53. The van der Waals surface area contributed by atoms with Gasteiger partial charge in [0.25, 0.3) is 0 Å². The van der Waals surface area contributed by atoms with Crippen molar-refractivity contribution in [1.82, 2.24) is 20.1 Å². The van der Waals surface area contributed by atoms with E-state index >= 15 is 0 Å². The van der Waals surface area contributed by atoms with E-state index in [1.165, 1.54) is 30.5 Å². The molecule has 0 aliphatic carbocycles. The number of rotatable bonds is 8. The average molecular weight is 592 g/mol. The number of nitrogens with one attached hydrogen (secondary N) is 1. The van der Waals surface area contributed by atoms with Crippen LogP contribution in [0.4, 0.5) is 0 Å². The van der Waals surface area contributed by atoms with E-state index in [-0.39, 0.29) is 17.4 Å². The Balaban J connectivity index is 1.39. The van der Waals surface area contributed by atoms with Crippen LogP contribution < -0.4 is 5.32 Å². The fourth-order valence-electron chi connectivity index (χ4n) is 7.80. The Bertz CT molecular complexity index is 1310. The number of carbonyl (C=O) groups excluding carboxylic acids is 1. The number of aromatic nitrogens is 1. The Hall–Kier alpha value is -2.44. The molecule has 7 heteroatoms. The molecule has 3 aromatic rings. The van der Waals surface area contributed by atoms with Crippen LogP contribution in [0.1, 0.15) is 80.3 Å². The highest BCUT2D eigenvalue weighted by molar-refractivity contribution is 6.32. The molecule has 216 valence electrons. The number of hydrogen-bond acceptors (Lipinski definition) is 4. The van der Waals surface area contributed by atoms with Crippen LogP contribution in [0.3, 0.4) is 0 Å². The zero-order valence-corrected chi connectivity index (χ0v) is 25.4. The Morgan fingerprint density at radius 1 is 0.927 bits per heavy atom. The normalized spacial score (nSPS) is 25.0.